The van der Waals surface area contributed by atoms with Crippen molar-refractivity contribution in [3.63, 3.8) is 0 Å². The van der Waals surface area contributed by atoms with Gasteiger partial charge in [0.1, 0.15) is 11.4 Å². The summed E-state index contributed by atoms with van der Waals surface area (Å²) in [5.74, 6) is 0.142. The van der Waals surface area contributed by atoms with Crippen LogP contribution in [0.2, 0.25) is 0 Å². The Morgan fingerprint density at radius 3 is 2.61 bits per heavy atom. The van der Waals surface area contributed by atoms with E-state index in [-0.39, 0.29) is 17.6 Å². The first-order chi connectivity index (χ1) is 13.5. The van der Waals surface area contributed by atoms with Gasteiger partial charge in [0, 0.05) is 11.9 Å². The predicted octanol–water partition coefficient (Wildman–Crippen LogP) is 3.75. The zero-order valence-corrected chi connectivity index (χ0v) is 16.6. The first-order valence-electron chi connectivity index (χ1n) is 9.04. The average Bonchev–Trinajstić information content (AvgIpc) is 2.71. The van der Waals surface area contributed by atoms with Crippen molar-refractivity contribution in [3.05, 3.63) is 60.4 Å². The summed E-state index contributed by atoms with van der Waals surface area (Å²) in [6.07, 6.45) is 1.50. The molecular weight excluding hydrogens is 372 g/mol. The lowest BCUT2D eigenvalue weighted by Crippen LogP contribution is -2.28. The van der Waals surface area contributed by atoms with E-state index in [9.17, 15) is 9.59 Å². The quantitative estimate of drug-likeness (QED) is 0.471. The van der Waals surface area contributed by atoms with E-state index in [0.717, 1.165) is 15.9 Å². The van der Waals surface area contributed by atoms with Gasteiger partial charge in [-0.1, -0.05) is 55.9 Å². The van der Waals surface area contributed by atoms with Crippen molar-refractivity contribution < 1.29 is 9.59 Å². The molecule has 2 N–H and O–H groups in total. The molecule has 0 atom stereocenters. The summed E-state index contributed by atoms with van der Waals surface area (Å²) in [6.45, 7) is 4.64. The van der Waals surface area contributed by atoms with Gasteiger partial charge < -0.3 is 10.6 Å². The fraction of sp³-hybridized carbons (Fsp3) is 0.238. The van der Waals surface area contributed by atoms with E-state index in [4.69, 9.17) is 0 Å². The summed E-state index contributed by atoms with van der Waals surface area (Å²) < 4.78 is 0. The zero-order valence-electron chi connectivity index (χ0n) is 15.8. The molecular formula is C21H22N4O2S. The summed E-state index contributed by atoms with van der Waals surface area (Å²) in [4.78, 5) is 33.4. The SMILES string of the molecule is CC(C)CNC(=O)c1ccccc1NC(=O)CSc1ncnc2ccccc12. The highest BCUT2D eigenvalue weighted by atomic mass is 32.2. The summed E-state index contributed by atoms with van der Waals surface area (Å²) >= 11 is 1.34. The van der Waals surface area contributed by atoms with E-state index >= 15 is 0 Å². The smallest absolute Gasteiger partial charge is 0.253 e. The Hall–Kier alpha value is -2.93. The third-order valence-corrected chi connectivity index (χ3v) is 4.97. The third-order valence-electron chi connectivity index (χ3n) is 3.96. The van der Waals surface area contributed by atoms with Crippen LogP contribution in [0.3, 0.4) is 0 Å². The largest absolute Gasteiger partial charge is 0.352 e. The molecule has 0 aliphatic heterocycles. The minimum atomic E-state index is -0.197. The minimum absolute atomic E-state index is 0.183. The highest BCUT2D eigenvalue weighted by Crippen LogP contribution is 2.24. The minimum Gasteiger partial charge on any atom is -0.352 e. The van der Waals surface area contributed by atoms with Crippen molar-refractivity contribution in [3.8, 4) is 0 Å². The molecule has 7 heteroatoms. The zero-order chi connectivity index (χ0) is 19.9. The number of para-hydroxylation sites is 2. The Labute approximate surface area is 168 Å². The molecule has 0 saturated heterocycles. The number of carbonyl (C=O) groups excluding carboxylic acids is 2. The topological polar surface area (TPSA) is 84.0 Å². The number of thioether (sulfide) groups is 1. The molecule has 2 amide bonds. The second kappa shape index (κ2) is 9.32. The molecule has 0 spiro atoms. The molecule has 1 heterocycles. The number of amides is 2. The molecule has 6 nitrogen and oxygen atoms in total. The monoisotopic (exact) mass is 394 g/mol. The van der Waals surface area contributed by atoms with Gasteiger partial charge in [0.2, 0.25) is 5.91 Å². The molecule has 1 aromatic heterocycles. The van der Waals surface area contributed by atoms with E-state index in [1.54, 1.807) is 24.3 Å². The number of hydrogen-bond donors (Lipinski definition) is 2. The van der Waals surface area contributed by atoms with Gasteiger partial charge in [0.05, 0.1) is 22.5 Å². The molecule has 2 aromatic carbocycles. The van der Waals surface area contributed by atoms with E-state index < -0.39 is 0 Å². The third kappa shape index (κ3) is 5.07. The number of anilines is 1. The van der Waals surface area contributed by atoms with Crippen LogP contribution in [-0.2, 0) is 4.79 Å². The van der Waals surface area contributed by atoms with Crippen LogP contribution < -0.4 is 10.6 Å². The fourth-order valence-corrected chi connectivity index (χ4v) is 3.39. The number of fused-ring (bicyclic) bond motifs is 1. The first-order valence-corrected chi connectivity index (χ1v) is 10.0. The number of aromatic nitrogens is 2. The van der Waals surface area contributed by atoms with Gasteiger partial charge in [0.25, 0.3) is 5.91 Å². The van der Waals surface area contributed by atoms with Crippen LogP contribution in [-0.4, -0.2) is 34.1 Å². The Kier molecular flexibility index (Phi) is 6.60. The first kappa shape index (κ1) is 19.8. The molecule has 3 rings (SSSR count). The molecule has 0 fully saturated rings. The summed E-state index contributed by atoms with van der Waals surface area (Å²) in [5.41, 5.74) is 1.79. The molecule has 0 bridgehead atoms. The van der Waals surface area contributed by atoms with Gasteiger partial charge in [-0.25, -0.2) is 9.97 Å². The maximum Gasteiger partial charge on any atom is 0.253 e. The normalized spacial score (nSPS) is 10.8. The van der Waals surface area contributed by atoms with Crippen molar-refractivity contribution >= 4 is 40.2 Å². The number of benzene rings is 2. The van der Waals surface area contributed by atoms with E-state index in [2.05, 4.69) is 20.6 Å². The van der Waals surface area contributed by atoms with Crippen LogP contribution in [0.4, 0.5) is 5.69 Å². The summed E-state index contributed by atoms with van der Waals surface area (Å²) in [5, 5.41) is 7.38. The molecule has 0 unspecified atom stereocenters. The number of hydrogen-bond acceptors (Lipinski definition) is 5. The lowest BCUT2D eigenvalue weighted by Gasteiger charge is -2.12. The molecule has 144 valence electrons. The number of carbonyl (C=O) groups is 2. The molecule has 0 aliphatic carbocycles. The van der Waals surface area contributed by atoms with Crippen molar-refractivity contribution in [1.82, 2.24) is 15.3 Å². The number of rotatable bonds is 7. The molecule has 3 aromatic rings. The summed E-state index contributed by atoms with van der Waals surface area (Å²) in [6, 6.07) is 14.7. The lowest BCUT2D eigenvalue weighted by molar-refractivity contribution is -0.113. The van der Waals surface area contributed by atoms with Crippen molar-refractivity contribution in [2.24, 2.45) is 5.92 Å². The van der Waals surface area contributed by atoms with Crippen LogP contribution >= 0.6 is 11.8 Å². The number of nitrogens with zero attached hydrogens (tertiary/aromatic N) is 2. The van der Waals surface area contributed by atoms with Gasteiger partial charge in [-0.3, -0.25) is 9.59 Å². The van der Waals surface area contributed by atoms with Gasteiger partial charge >= 0.3 is 0 Å². The van der Waals surface area contributed by atoms with Crippen LogP contribution in [0, 0.1) is 5.92 Å². The number of nitrogens with one attached hydrogen (secondary N) is 2. The molecule has 28 heavy (non-hydrogen) atoms. The Morgan fingerprint density at radius 2 is 1.79 bits per heavy atom. The maximum atomic E-state index is 12.5. The van der Waals surface area contributed by atoms with Crippen LogP contribution in [0.5, 0.6) is 0 Å². The summed E-state index contributed by atoms with van der Waals surface area (Å²) in [7, 11) is 0. The molecule has 0 saturated carbocycles. The predicted molar refractivity (Wildman–Crippen MR) is 113 cm³/mol. The lowest BCUT2D eigenvalue weighted by atomic mass is 10.1. The Balaban J connectivity index is 1.66. The second-order valence-corrected chi connectivity index (χ2v) is 7.65. The van der Waals surface area contributed by atoms with Gasteiger partial charge in [-0.15, -0.1) is 0 Å². The van der Waals surface area contributed by atoms with E-state index in [1.807, 2.05) is 38.1 Å². The van der Waals surface area contributed by atoms with Gasteiger partial charge in [-0.2, -0.15) is 0 Å². The van der Waals surface area contributed by atoms with E-state index in [0.29, 0.717) is 23.7 Å². The van der Waals surface area contributed by atoms with Crippen LogP contribution in [0.15, 0.2) is 59.9 Å². The standard InChI is InChI=1S/C21H22N4O2S/c1-14(2)11-22-20(27)15-7-3-6-10-18(15)25-19(26)12-28-21-16-8-4-5-9-17(16)23-13-24-21/h3-10,13-14H,11-12H2,1-2H3,(H,22,27)(H,25,26). The molecule has 0 radical (unpaired) electrons. The fourth-order valence-electron chi connectivity index (χ4n) is 2.60. The van der Waals surface area contributed by atoms with Crippen molar-refractivity contribution in [2.75, 3.05) is 17.6 Å². The Bertz CT molecular complexity index is 986. The van der Waals surface area contributed by atoms with Gasteiger partial charge in [0.15, 0.2) is 0 Å². The van der Waals surface area contributed by atoms with Gasteiger partial charge in [-0.05, 0) is 24.1 Å². The molecule has 0 aliphatic rings. The highest BCUT2D eigenvalue weighted by molar-refractivity contribution is 8.00. The van der Waals surface area contributed by atoms with E-state index in [1.165, 1.54) is 18.1 Å². The Morgan fingerprint density at radius 1 is 1.04 bits per heavy atom. The highest BCUT2D eigenvalue weighted by Gasteiger charge is 2.14. The second-order valence-electron chi connectivity index (χ2n) is 6.68. The van der Waals surface area contributed by atoms with Crippen molar-refractivity contribution in [2.45, 2.75) is 18.9 Å². The van der Waals surface area contributed by atoms with Crippen LogP contribution in [0.1, 0.15) is 24.2 Å². The van der Waals surface area contributed by atoms with Crippen molar-refractivity contribution in [1.29, 1.82) is 0 Å². The average molecular weight is 395 g/mol. The van der Waals surface area contributed by atoms with Crippen LogP contribution in [0.25, 0.3) is 10.9 Å². The maximum absolute atomic E-state index is 12.5.